The number of nitrogens with one attached hydrogen (secondary N) is 1. The summed E-state index contributed by atoms with van der Waals surface area (Å²) in [5.41, 5.74) is 6.57. The highest BCUT2D eigenvalue weighted by atomic mass is 16.5. The van der Waals surface area contributed by atoms with Crippen molar-refractivity contribution in [1.82, 2.24) is 5.32 Å². The fourth-order valence-corrected chi connectivity index (χ4v) is 3.73. The number of benzene rings is 3. The van der Waals surface area contributed by atoms with Gasteiger partial charge in [-0.15, -0.1) is 0 Å². The van der Waals surface area contributed by atoms with Crippen LogP contribution in [-0.4, -0.2) is 29.8 Å². The number of hydrogen-bond acceptors (Lipinski definition) is 4. The van der Waals surface area contributed by atoms with Crippen molar-refractivity contribution in [2.45, 2.75) is 25.7 Å². The fourth-order valence-electron chi connectivity index (χ4n) is 3.73. The summed E-state index contributed by atoms with van der Waals surface area (Å²) in [5.74, 6) is -1.18. The number of rotatable bonds is 8. The zero-order valence-corrected chi connectivity index (χ0v) is 16.9. The molecular weight excluding hydrogens is 394 g/mol. The molecule has 0 aromatic heterocycles. The van der Waals surface area contributed by atoms with Crippen LogP contribution in [0.3, 0.4) is 0 Å². The van der Waals surface area contributed by atoms with Crippen molar-refractivity contribution in [2.75, 3.05) is 6.61 Å². The Hall–Kier alpha value is -3.64. The molecule has 0 spiro atoms. The molecule has 4 rings (SSSR count). The van der Waals surface area contributed by atoms with Crippen molar-refractivity contribution in [1.29, 1.82) is 0 Å². The molecule has 1 aliphatic carbocycles. The Labute approximate surface area is 180 Å². The Morgan fingerprint density at radius 3 is 2.45 bits per heavy atom. The summed E-state index contributed by atoms with van der Waals surface area (Å²) in [6.45, 7) is 0.174. The molecule has 0 saturated heterocycles. The lowest BCUT2D eigenvalue weighted by Gasteiger charge is -2.15. The Bertz CT molecular complexity index is 1080. The molecule has 1 amide bonds. The lowest BCUT2D eigenvalue weighted by molar-refractivity contribution is -0.141. The third-order valence-corrected chi connectivity index (χ3v) is 5.29. The summed E-state index contributed by atoms with van der Waals surface area (Å²) in [7, 11) is 0. The molecule has 2 N–H and O–H groups in total. The van der Waals surface area contributed by atoms with Crippen LogP contribution in [0.4, 0.5) is 4.79 Å². The van der Waals surface area contributed by atoms with Gasteiger partial charge in [0.15, 0.2) is 6.04 Å². The molecule has 0 fully saturated rings. The third kappa shape index (κ3) is 4.92. The molecule has 0 unspecified atom stereocenters. The molecule has 0 heterocycles. The number of amides is 1. The lowest BCUT2D eigenvalue weighted by atomic mass is 10.0. The molecule has 158 valence electrons. The van der Waals surface area contributed by atoms with Gasteiger partial charge in [-0.05, 0) is 39.8 Å². The second-order valence-corrected chi connectivity index (χ2v) is 7.39. The van der Waals surface area contributed by atoms with Crippen molar-refractivity contribution < 1.29 is 24.2 Å². The van der Waals surface area contributed by atoms with E-state index in [-0.39, 0.29) is 19.8 Å². The van der Waals surface area contributed by atoms with Crippen LogP contribution in [-0.2, 0) is 33.9 Å². The smallest absolute Gasteiger partial charge is 0.408 e. The summed E-state index contributed by atoms with van der Waals surface area (Å²) in [5, 5.41) is 11.8. The van der Waals surface area contributed by atoms with Crippen molar-refractivity contribution >= 4 is 12.1 Å². The molecular formula is C25H23NO5. The number of carboxylic acid groups (broad SMARTS) is 1. The number of aliphatic carboxylic acids is 1. The normalized spacial score (nSPS) is 12.5. The first-order chi connectivity index (χ1) is 15.1. The van der Waals surface area contributed by atoms with E-state index in [0.717, 1.165) is 28.7 Å². The minimum atomic E-state index is -1.19. The maximum Gasteiger partial charge on any atom is 0.408 e. The largest absolute Gasteiger partial charge is 0.480 e. The number of carbonyl (C=O) groups is 2. The van der Waals surface area contributed by atoms with Gasteiger partial charge in [0.1, 0.15) is 6.61 Å². The van der Waals surface area contributed by atoms with Crippen LogP contribution in [0, 0.1) is 0 Å². The molecule has 3 aromatic rings. The highest BCUT2D eigenvalue weighted by Crippen LogP contribution is 2.38. The van der Waals surface area contributed by atoms with E-state index in [4.69, 9.17) is 9.47 Å². The minimum Gasteiger partial charge on any atom is -0.480 e. The third-order valence-electron chi connectivity index (χ3n) is 5.29. The lowest BCUT2D eigenvalue weighted by Crippen LogP contribution is -2.44. The zero-order valence-electron chi connectivity index (χ0n) is 16.9. The Morgan fingerprint density at radius 1 is 0.903 bits per heavy atom. The van der Waals surface area contributed by atoms with Crippen LogP contribution in [0.25, 0.3) is 11.1 Å². The van der Waals surface area contributed by atoms with Crippen molar-refractivity contribution in [3.05, 3.63) is 95.1 Å². The molecule has 1 atom stereocenters. The summed E-state index contributed by atoms with van der Waals surface area (Å²) in [6, 6.07) is 22.4. The van der Waals surface area contributed by atoms with Crippen molar-refractivity contribution in [3.8, 4) is 11.1 Å². The molecule has 0 radical (unpaired) electrons. The molecule has 0 saturated carbocycles. The molecule has 0 bridgehead atoms. The van der Waals surface area contributed by atoms with Gasteiger partial charge in [-0.25, -0.2) is 9.59 Å². The van der Waals surface area contributed by atoms with E-state index in [1.54, 1.807) is 0 Å². The average molecular weight is 417 g/mol. The molecule has 1 aliphatic rings. The maximum atomic E-state index is 12.2. The van der Waals surface area contributed by atoms with E-state index in [9.17, 15) is 14.7 Å². The Balaban J connectivity index is 1.32. The van der Waals surface area contributed by atoms with Crippen LogP contribution in [0.15, 0.2) is 72.8 Å². The molecule has 6 heteroatoms. The quantitative estimate of drug-likeness (QED) is 0.450. The Morgan fingerprint density at radius 2 is 1.65 bits per heavy atom. The van der Waals surface area contributed by atoms with E-state index in [0.29, 0.717) is 0 Å². The number of carbonyl (C=O) groups excluding carboxylic acids is 1. The number of carboxylic acids is 1. The Kier molecular flexibility index (Phi) is 6.29. The molecule has 3 aromatic carbocycles. The van der Waals surface area contributed by atoms with Gasteiger partial charge in [-0.3, -0.25) is 0 Å². The standard InChI is InChI=1S/C25H23NO5/c27-24(28)23(16-30-14-17-7-2-1-3-8-17)26-25(29)31-15-19-10-6-12-21-20-11-5-4-9-18(20)13-22(19)21/h1-12,23H,13-16H2,(H,26,29)(H,27,28)/t23-/m0/s1. The SMILES string of the molecule is O=C(N[C@@H](COCc1ccccc1)C(=O)O)OCc1cccc2c1Cc1ccccc1-2. The van der Waals surface area contributed by atoms with E-state index >= 15 is 0 Å². The molecule has 0 aliphatic heterocycles. The predicted molar refractivity (Wildman–Crippen MR) is 116 cm³/mol. The summed E-state index contributed by atoms with van der Waals surface area (Å²) < 4.78 is 10.8. The van der Waals surface area contributed by atoms with Crippen LogP contribution >= 0.6 is 0 Å². The predicted octanol–water partition coefficient (Wildman–Crippen LogP) is 4.15. The van der Waals surface area contributed by atoms with Gasteiger partial charge in [0.05, 0.1) is 13.2 Å². The average Bonchev–Trinajstić information content (AvgIpc) is 3.17. The number of ether oxygens (including phenoxy) is 2. The minimum absolute atomic E-state index is 0.0696. The summed E-state index contributed by atoms with van der Waals surface area (Å²) in [6.07, 6.45) is 0.00130. The monoisotopic (exact) mass is 417 g/mol. The molecule has 31 heavy (non-hydrogen) atoms. The number of alkyl carbamates (subject to hydrolysis) is 1. The van der Waals surface area contributed by atoms with Crippen LogP contribution in [0.1, 0.15) is 22.3 Å². The van der Waals surface area contributed by atoms with Crippen LogP contribution in [0.5, 0.6) is 0 Å². The van der Waals surface area contributed by atoms with Gasteiger partial charge in [0, 0.05) is 0 Å². The van der Waals surface area contributed by atoms with Gasteiger partial charge >= 0.3 is 12.1 Å². The second kappa shape index (κ2) is 9.45. The van der Waals surface area contributed by atoms with Gasteiger partial charge < -0.3 is 19.9 Å². The van der Waals surface area contributed by atoms with Gasteiger partial charge in [-0.1, -0.05) is 72.8 Å². The first kappa shape index (κ1) is 20.6. The first-order valence-corrected chi connectivity index (χ1v) is 10.1. The molecule has 6 nitrogen and oxygen atoms in total. The number of hydrogen-bond donors (Lipinski definition) is 2. The highest BCUT2D eigenvalue weighted by Gasteiger charge is 2.23. The summed E-state index contributed by atoms with van der Waals surface area (Å²) in [4.78, 5) is 23.7. The maximum absolute atomic E-state index is 12.2. The number of fused-ring (bicyclic) bond motifs is 3. The van der Waals surface area contributed by atoms with E-state index in [1.165, 1.54) is 11.1 Å². The van der Waals surface area contributed by atoms with Gasteiger partial charge in [0.25, 0.3) is 0 Å². The van der Waals surface area contributed by atoms with E-state index < -0.39 is 18.1 Å². The van der Waals surface area contributed by atoms with Crippen molar-refractivity contribution in [2.24, 2.45) is 0 Å². The van der Waals surface area contributed by atoms with Gasteiger partial charge in [0.2, 0.25) is 0 Å². The van der Waals surface area contributed by atoms with E-state index in [2.05, 4.69) is 23.5 Å². The second-order valence-electron chi connectivity index (χ2n) is 7.39. The topological polar surface area (TPSA) is 84.9 Å². The van der Waals surface area contributed by atoms with Crippen molar-refractivity contribution in [3.63, 3.8) is 0 Å². The van der Waals surface area contributed by atoms with Gasteiger partial charge in [-0.2, -0.15) is 0 Å². The first-order valence-electron chi connectivity index (χ1n) is 10.1. The van der Waals surface area contributed by atoms with Crippen LogP contribution in [0.2, 0.25) is 0 Å². The fraction of sp³-hybridized carbons (Fsp3) is 0.200. The zero-order chi connectivity index (χ0) is 21.6. The summed E-state index contributed by atoms with van der Waals surface area (Å²) >= 11 is 0. The van der Waals surface area contributed by atoms with Crippen LogP contribution < -0.4 is 5.32 Å². The highest BCUT2D eigenvalue weighted by molar-refractivity contribution is 5.80. The van der Waals surface area contributed by atoms with E-state index in [1.807, 2.05) is 54.6 Å².